The minimum Gasteiger partial charge on any atom is -0.419 e. The molecule has 1 aliphatic rings. The van der Waals surface area contributed by atoms with Gasteiger partial charge in [0.05, 0.1) is 5.69 Å². The molecule has 0 unspecified atom stereocenters. The first-order chi connectivity index (χ1) is 11.0. The lowest BCUT2D eigenvalue weighted by Gasteiger charge is -2.29. The number of carbonyl (C=O) groups is 2. The van der Waals surface area contributed by atoms with E-state index in [4.69, 9.17) is 9.47 Å². The lowest BCUT2D eigenvalue weighted by atomic mass is 10.2. The van der Waals surface area contributed by atoms with Gasteiger partial charge in [0.1, 0.15) is 11.6 Å². The van der Waals surface area contributed by atoms with E-state index in [1.165, 1.54) is 13.8 Å². The highest BCUT2D eigenvalue weighted by atomic mass is 19.4. The van der Waals surface area contributed by atoms with Crippen LogP contribution < -0.4 is 10.1 Å². The molecule has 1 saturated heterocycles. The number of cyclic esters (lactones) is 2. The van der Waals surface area contributed by atoms with Crippen LogP contribution in [0, 0.1) is 5.82 Å². The van der Waals surface area contributed by atoms with Crippen molar-refractivity contribution in [1.29, 1.82) is 0 Å². The van der Waals surface area contributed by atoms with Crippen molar-refractivity contribution in [2.24, 2.45) is 0 Å². The van der Waals surface area contributed by atoms with Crippen molar-refractivity contribution in [2.75, 3.05) is 5.32 Å². The molecule has 1 N–H and O–H groups in total. The van der Waals surface area contributed by atoms with E-state index in [0.717, 1.165) is 18.3 Å². The molecule has 0 saturated carbocycles. The summed E-state index contributed by atoms with van der Waals surface area (Å²) in [4.78, 5) is 23.3. The van der Waals surface area contributed by atoms with Crippen molar-refractivity contribution in [3.05, 3.63) is 35.8 Å². The fourth-order valence-electron chi connectivity index (χ4n) is 1.74. The first-order valence-electron chi connectivity index (χ1n) is 6.45. The first-order valence-corrected chi connectivity index (χ1v) is 6.45. The zero-order valence-electron chi connectivity index (χ0n) is 12.4. The number of ether oxygens (including phenoxy) is 3. The predicted octanol–water partition coefficient (Wildman–Crippen LogP) is 2.86. The summed E-state index contributed by atoms with van der Waals surface area (Å²) < 4.78 is 63.0. The van der Waals surface area contributed by atoms with Gasteiger partial charge in [0, 0.05) is 26.1 Å². The lowest BCUT2D eigenvalue weighted by molar-refractivity contribution is -0.274. The smallest absolute Gasteiger partial charge is 0.419 e. The summed E-state index contributed by atoms with van der Waals surface area (Å²) in [5.74, 6) is -5.24. The van der Waals surface area contributed by atoms with Crippen molar-refractivity contribution < 1.29 is 41.4 Å². The molecule has 6 nitrogen and oxygen atoms in total. The van der Waals surface area contributed by atoms with Gasteiger partial charge in [-0.25, -0.2) is 14.0 Å². The molecule has 1 fully saturated rings. The van der Waals surface area contributed by atoms with Gasteiger partial charge < -0.3 is 19.5 Å². The molecule has 1 aromatic rings. The van der Waals surface area contributed by atoms with Crippen LogP contribution in [-0.4, -0.2) is 24.1 Å². The Bertz CT molecular complexity index is 690. The number of nitrogens with one attached hydrogen (secondary N) is 1. The number of hydrogen-bond acceptors (Lipinski definition) is 6. The molecule has 0 radical (unpaired) electrons. The van der Waals surface area contributed by atoms with Crippen LogP contribution >= 0.6 is 0 Å². The lowest BCUT2D eigenvalue weighted by Crippen LogP contribution is -2.42. The Hall–Kier alpha value is -2.78. The third-order valence-corrected chi connectivity index (χ3v) is 2.66. The number of esters is 2. The average Bonchev–Trinajstić information content (AvgIpc) is 2.36. The quantitative estimate of drug-likeness (QED) is 0.392. The van der Waals surface area contributed by atoms with Gasteiger partial charge in [0.25, 0.3) is 5.79 Å². The number of rotatable bonds is 3. The second kappa shape index (κ2) is 6.02. The molecule has 1 heterocycles. The second-order valence-corrected chi connectivity index (χ2v) is 5.07. The highest BCUT2D eigenvalue weighted by Gasteiger charge is 2.39. The maximum Gasteiger partial charge on any atom is 0.573 e. The van der Waals surface area contributed by atoms with Crippen molar-refractivity contribution in [1.82, 2.24) is 0 Å². The van der Waals surface area contributed by atoms with E-state index in [-0.39, 0.29) is 5.69 Å². The van der Waals surface area contributed by atoms with E-state index in [2.05, 4.69) is 10.1 Å². The predicted molar refractivity (Wildman–Crippen MR) is 71.1 cm³/mol. The molecule has 0 atom stereocenters. The van der Waals surface area contributed by atoms with Crippen LogP contribution in [-0.2, 0) is 19.1 Å². The zero-order valence-corrected chi connectivity index (χ0v) is 12.4. The third-order valence-electron chi connectivity index (χ3n) is 2.66. The van der Waals surface area contributed by atoms with Gasteiger partial charge in [-0.2, -0.15) is 0 Å². The van der Waals surface area contributed by atoms with Gasteiger partial charge in [0.15, 0.2) is 5.57 Å². The molecule has 130 valence electrons. The molecule has 24 heavy (non-hydrogen) atoms. The number of carbonyl (C=O) groups excluding carboxylic acids is 2. The first kappa shape index (κ1) is 17.6. The minimum absolute atomic E-state index is 0.289. The van der Waals surface area contributed by atoms with Crippen LogP contribution in [0.2, 0.25) is 0 Å². The van der Waals surface area contributed by atoms with Crippen LogP contribution in [0.5, 0.6) is 5.75 Å². The van der Waals surface area contributed by atoms with Gasteiger partial charge in [-0.1, -0.05) is 0 Å². The number of benzene rings is 1. The van der Waals surface area contributed by atoms with E-state index < -0.39 is 41.2 Å². The average molecular weight is 349 g/mol. The molecule has 0 aliphatic carbocycles. The van der Waals surface area contributed by atoms with E-state index >= 15 is 0 Å². The highest BCUT2D eigenvalue weighted by molar-refractivity contribution is 6.15. The summed E-state index contributed by atoms with van der Waals surface area (Å²) in [5, 5.41) is 2.29. The molecule has 0 bridgehead atoms. The topological polar surface area (TPSA) is 73.9 Å². The van der Waals surface area contributed by atoms with Crippen LogP contribution in [0.1, 0.15) is 13.8 Å². The molecular weight excluding hydrogens is 338 g/mol. The van der Waals surface area contributed by atoms with Gasteiger partial charge >= 0.3 is 18.3 Å². The van der Waals surface area contributed by atoms with Crippen LogP contribution in [0.15, 0.2) is 30.0 Å². The minimum atomic E-state index is -4.95. The number of alkyl halides is 3. The van der Waals surface area contributed by atoms with Crippen molar-refractivity contribution in [3.63, 3.8) is 0 Å². The van der Waals surface area contributed by atoms with Crippen molar-refractivity contribution >= 4 is 17.6 Å². The van der Waals surface area contributed by atoms with E-state index in [0.29, 0.717) is 6.07 Å². The van der Waals surface area contributed by atoms with Crippen LogP contribution in [0.3, 0.4) is 0 Å². The molecule has 1 aliphatic heterocycles. The Labute approximate surface area is 133 Å². The Morgan fingerprint density at radius 2 is 1.75 bits per heavy atom. The summed E-state index contributed by atoms with van der Waals surface area (Å²) in [6.45, 7) is 2.71. The van der Waals surface area contributed by atoms with Crippen LogP contribution in [0.4, 0.5) is 23.2 Å². The maximum absolute atomic E-state index is 13.7. The Kier molecular flexibility index (Phi) is 4.41. The normalized spacial score (nSPS) is 17.0. The van der Waals surface area contributed by atoms with Gasteiger partial charge in [0.2, 0.25) is 0 Å². The molecular formula is C14H11F4NO5. The van der Waals surface area contributed by atoms with Crippen molar-refractivity contribution in [2.45, 2.75) is 26.0 Å². The van der Waals surface area contributed by atoms with E-state index in [1.807, 2.05) is 0 Å². The molecule has 10 heteroatoms. The Morgan fingerprint density at radius 1 is 1.17 bits per heavy atom. The fraction of sp³-hybridized carbons (Fsp3) is 0.286. The van der Waals surface area contributed by atoms with Crippen LogP contribution in [0.25, 0.3) is 0 Å². The Morgan fingerprint density at radius 3 is 2.25 bits per heavy atom. The monoisotopic (exact) mass is 349 g/mol. The van der Waals surface area contributed by atoms with Gasteiger partial charge in [-0.3, -0.25) is 0 Å². The standard InChI is InChI=1S/C14H11F4NO5/c1-13(2)23-11(20)8(12(21)24-13)6-19-10-4-3-7(5-9(10)15)22-14(16,17)18/h3-6,19H,1-2H3. The molecule has 0 amide bonds. The Balaban J connectivity index is 2.14. The van der Waals surface area contributed by atoms with Gasteiger partial charge in [-0.15, -0.1) is 13.2 Å². The SMILES string of the molecule is CC1(C)OC(=O)C(=CNc2ccc(OC(F)(F)F)cc2F)C(=O)O1. The number of hydrogen-bond donors (Lipinski definition) is 1. The number of halogens is 4. The van der Waals surface area contributed by atoms with E-state index in [9.17, 15) is 27.2 Å². The van der Waals surface area contributed by atoms with E-state index in [1.54, 1.807) is 0 Å². The molecule has 1 aromatic carbocycles. The molecule has 2 rings (SSSR count). The number of anilines is 1. The fourth-order valence-corrected chi connectivity index (χ4v) is 1.74. The van der Waals surface area contributed by atoms with Gasteiger partial charge in [-0.05, 0) is 12.1 Å². The summed E-state index contributed by atoms with van der Waals surface area (Å²) in [6.07, 6.45) is -4.12. The largest absolute Gasteiger partial charge is 0.573 e. The zero-order chi connectivity index (χ0) is 18.1. The van der Waals surface area contributed by atoms with Crippen molar-refractivity contribution in [3.8, 4) is 5.75 Å². The third kappa shape index (κ3) is 4.37. The second-order valence-electron chi connectivity index (χ2n) is 5.07. The molecule has 0 aromatic heterocycles. The summed E-state index contributed by atoms with van der Waals surface area (Å²) >= 11 is 0. The summed E-state index contributed by atoms with van der Waals surface area (Å²) in [6, 6.07) is 2.30. The summed E-state index contributed by atoms with van der Waals surface area (Å²) in [5.41, 5.74) is -0.813. The maximum atomic E-state index is 13.7. The summed E-state index contributed by atoms with van der Waals surface area (Å²) in [7, 11) is 0. The highest BCUT2D eigenvalue weighted by Crippen LogP contribution is 2.27. The molecule has 0 spiro atoms.